The minimum atomic E-state index is -0.383. The molecule has 14 heavy (non-hydrogen) atoms. The van der Waals surface area contributed by atoms with Crippen LogP contribution in [0.3, 0.4) is 0 Å². The molecule has 0 aromatic heterocycles. The highest BCUT2D eigenvalue weighted by Gasteiger charge is 2.06. The Morgan fingerprint density at radius 2 is 2.14 bits per heavy atom. The summed E-state index contributed by atoms with van der Waals surface area (Å²) in [6, 6.07) is 6.53. The third kappa shape index (κ3) is 3.44. The van der Waals surface area contributed by atoms with Crippen LogP contribution in [0.25, 0.3) is 0 Å². The summed E-state index contributed by atoms with van der Waals surface area (Å²) in [6.07, 6.45) is -0.383. The molecule has 0 spiro atoms. The molecule has 0 bridgehead atoms. The van der Waals surface area contributed by atoms with Crippen LogP contribution in [0, 0.1) is 5.82 Å². The largest absolute Gasteiger partial charge is 0.392 e. The van der Waals surface area contributed by atoms with Gasteiger partial charge in [0.15, 0.2) is 0 Å². The summed E-state index contributed by atoms with van der Waals surface area (Å²) in [5.41, 5.74) is 0.894. The molecule has 0 radical (unpaired) electrons. The van der Waals surface area contributed by atoms with E-state index in [0.29, 0.717) is 6.54 Å². The maximum absolute atomic E-state index is 12.8. The van der Waals surface area contributed by atoms with Gasteiger partial charge < -0.3 is 10.4 Å². The summed E-state index contributed by atoms with van der Waals surface area (Å²) >= 11 is 0. The minimum absolute atomic E-state index is 0.0558. The lowest BCUT2D eigenvalue weighted by Gasteiger charge is -2.15. The Balaban J connectivity index is 2.56. The highest BCUT2D eigenvalue weighted by Crippen LogP contribution is 2.12. The molecule has 0 unspecified atom stereocenters. The van der Waals surface area contributed by atoms with E-state index in [0.717, 1.165) is 5.56 Å². The molecule has 2 atom stereocenters. The number of benzene rings is 1. The molecule has 0 fully saturated rings. The quantitative estimate of drug-likeness (QED) is 0.772. The maximum Gasteiger partial charge on any atom is 0.123 e. The van der Waals surface area contributed by atoms with Gasteiger partial charge in [0.25, 0.3) is 0 Å². The number of hydrogen-bond acceptors (Lipinski definition) is 2. The monoisotopic (exact) mass is 197 g/mol. The van der Waals surface area contributed by atoms with Crippen LogP contribution in [0.1, 0.15) is 25.5 Å². The topological polar surface area (TPSA) is 32.3 Å². The van der Waals surface area contributed by atoms with E-state index in [1.807, 2.05) is 13.0 Å². The number of aliphatic hydroxyl groups is 1. The van der Waals surface area contributed by atoms with Crippen LogP contribution in [-0.2, 0) is 0 Å². The van der Waals surface area contributed by atoms with Crippen molar-refractivity contribution in [2.45, 2.75) is 26.0 Å². The molecule has 2 N–H and O–H groups in total. The second-order valence-electron chi connectivity index (χ2n) is 3.53. The zero-order valence-electron chi connectivity index (χ0n) is 8.50. The number of halogens is 1. The highest BCUT2D eigenvalue weighted by atomic mass is 19.1. The maximum atomic E-state index is 12.8. The summed E-state index contributed by atoms with van der Waals surface area (Å²) in [5.74, 6) is -0.229. The molecule has 1 aromatic carbocycles. The predicted molar refractivity (Wildman–Crippen MR) is 54.5 cm³/mol. The lowest BCUT2D eigenvalue weighted by Crippen LogP contribution is -2.27. The lowest BCUT2D eigenvalue weighted by atomic mass is 10.1. The first-order valence-electron chi connectivity index (χ1n) is 4.76. The SMILES string of the molecule is C[C@H](O)CN[C@@H](C)c1cccc(F)c1. The Labute approximate surface area is 83.8 Å². The molecule has 0 aliphatic heterocycles. The molecule has 0 saturated heterocycles. The highest BCUT2D eigenvalue weighted by molar-refractivity contribution is 5.19. The lowest BCUT2D eigenvalue weighted by molar-refractivity contribution is 0.187. The molecule has 0 heterocycles. The molecule has 0 amide bonds. The first-order valence-corrected chi connectivity index (χ1v) is 4.76. The van der Waals surface area contributed by atoms with E-state index in [1.165, 1.54) is 12.1 Å². The second-order valence-corrected chi connectivity index (χ2v) is 3.53. The fourth-order valence-electron chi connectivity index (χ4n) is 1.24. The van der Waals surface area contributed by atoms with Crippen LogP contribution in [-0.4, -0.2) is 17.8 Å². The fourth-order valence-corrected chi connectivity index (χ4v) is 1.24. The summed E-state index contributed by atoms with van der Waals surface area (Å²) in [7, 11) is 0. The van der Waals surface area contributed by atoms with E-state index in [9.17, 15) is 4.39 Å². The van der Waals surface area contributed by atoms with Crippen molar-refractivity contribution >= 4 is 0 Å². The Hall–Kier alpha value is -0.930. The first-order chi connectivity index (χ1) is 6.59. The molecular formula is C11H16FNO. The Kier molecular flexibility index (Phi) is 4.04. The summed E-state index contributed by atoms with van der Waals surface area (Å²) < 4.78 is 12.8. The molecular weight excluding hydrogens is 181 g/mol. The zero-order valence-corrected chi connectivity index (χ0v) is 8.50. The minimum Gasteiger partial charge on any atom is -0.392 e. The van der Waals surface area contributed by atoms with Gasteiger partial charge in [0, 0.05) is 12.6 Å². The van der Waals surface area contributed by atoms with Crippen LogP contribution in [0.5, 0.6) is 0 Å². The van der Waals surface area contributed by atoms with Crippen LogP contribution in [0.15, 0.2) is 24.3 Å². The summed E-state index contributed by atoms with van der Waals surface area (Å²) in [4.78, 5) is 0. The van der Waals surface area contributed by atoms with Crippen molar-refractivity contribution in [3.63, 3.8) is 0 Å². The summed E-state index contributed by atoms with van der Waals surface area (Å²) in [6.45, 7) is 4.17. The van der Waals surface area contributed by atoms with E-state index in [2.05, 4.69) is 5.32 Å². The Bertz CT molecular complexity index is 288. The molecule has 1 aromatic rings. The van der Waals surface area contributed by atoms with Gasteiger partial charge in [-0.1, -0.05) is 12.1 Å². The standard InChI is InChI=1S/C11H16FNO/c1-8(14)7-13-9(2)10-4-3-5-11(12)6-10/h3-6,8-9,13-14H,7H2,1-2H3/t8-,9-/m0/s1. The number of nitrogens with one attached hydrogen (secondary N) is 1. The van der Waals surface area contributed by atoms with Crippen molar-refractivity contribution in [1.82, 2.24) is 5.32 Å². The second kappa shape index (κ2) is 5.08. The fraction of sp³-hybridized carbons (Fsp3) is 0.455. The number of aliphatic hydroxyl groups excluding tert-OH is 1. The van der Waals surface area contributed by atoms with Gasteiger partial charge in [-0.25, -0.2) is 4.39 Å². The van der Waals surface area contributed by atoms with E-state index in [-0.39, 0.29) is 18.0 Å². The van der Waals surface area contributed by atoms with Gasteiger partial charge in [-0.05, 0) is 31.5 Å². The van der Waals surface area contributed by atoms with E-state index >= 15 is 0 Å². The van der Waals surface area contributed by atoms with Crippen molar-refractivity contribution < 1.29 is 9.50 Å². The Morgan fingerprint density at radius 1 is 1.43 bits per heavy atom. The van der Waals surface area contributed by atoms with Gasteiger partial charge in [-0.15, -0.1) is 0 Å². The third-order valence-electron chi connectivity index (χ3n) is 2.07. The van der Waals surface area contributed by atoms with Crippen molar-refractivity contribution in [3.05, 3.63) is 35.6 Å². The first kappa shape index (κ1) is 11.1. The predicted octanol–water partition coefficient (Wildman–Crippen LogP) is 1.86. The Morgan fingerprint density at radius 3 is 2.71 bits per heavy atom. The van der Waals surface area contributed by atoms with Gasteiger partial charge in [0.2, 0.25) is 0 Å². The molecule has 3 heteroatoms. The van der Waals surface area contributed by atoms with Gasteiger partial charge in [-0.2, -0.15) is 0 Å². The van der Waals surface area contributed by atoms with Crippen LogP contribution < -0.4 is 5.32 Å². The molecule has 78 valence electrons. The molecule has 2 nitrogen and oxygen atoms in total. The van der Waals surface area contributed by atoms with Gasteiger partial charge in [0.05, 0.1) is 6.10 Å². The zero-order chi connectivity index (χ0) is 10.6. The van der Waals surface area contributed by atoms with Crippen molar-refractivity contribution in [1.29, 1.82) is 0 Å². The average Bonchev–Trinajstić information content (AvgIpc) is 2.14. The van der Waals surface area contributed by atoms with Crippen molar-refractivity contribution in [3.8, 4) is 0 Å². The average molecular weight is 197 g/mol. The van der Waals surface area contributed by atoms with Gasteiger partial charge >= 0.3 is 0 Å². The van der Waals surface area contributed by atoms with E-state index < -0.39 is 0 Å². The number of hydrogen-bond donors (Lipinski definition) is 2. The molecule has 1 rings (SSSR count). The third-order valence-corrected chi connectivity index (χ3v) is 2.07. The van der Waals surface area contributed by atoms with Crippen molar-refractivity contribution in [2.75, 3.05) is 6.54 Å². The molecule has 0 saturated carbocycles. The van der Waals surface area contributed by atoms with E-state index in [4.69, 9.17) is 5.11 Å². The van der Waals surface area contributed by atoms with E-state index in [1.54, 1.807) is 13.0 Å². The normalized spacial score (nSPS) is 15.1. The van der Waals surface area contributed by atoms with Crippen LogP contribution in [0.2, 0.25) is 0 Å². The molecule has 0 aliphatic carbocycles. The van der Waals surface area contributed by atoms with Crippen LogP contribution >= 0.6 is 0 Å². The smallest absolute Gasteiger partial charge is 0.123 e. The van der Waals surface area contributed by atoms with Crippen molar-refractivity contribution in [2.24, 2.45) is 0 Å². The van der Waals surface area contributed by atoms with Gasteiger partial charge in [0.1, 0.15) is 5.82 Å². The van der Waals surface area contributed by atoms with Gasteiger partial charge in [-0.3, -0.25) is 0 Å². The summed E-state index contributed by atoms with van der Waals surface area (Å²) in [5, 5.41) is 12.2. The van der Waals surface area contributed by atoms with Crippen LogP contribution in [0.4, 0.5) is 4.39 Å². The number of rotatable bonds is 4. The molecule has 0 aliphatic rings.